The van der Waals surface area contributed by atoms with Gasteiger partial charge < -0.3 is 0 Å². The molecule has 0 heterocycles. The Hall–Kier alpha value is -0.220. The van der Waals surface area contributed by atoms with Crippen molar-refractivity contribution in [2.24, 2.45) is 23.6 Å². The molecule has 2 nitrogen and oxygen atoms in total. The quantitative estimate of drug-likeness (QED) is 0.548. The zero-order valence-corrected chi connectivity index (χ0v) is 8.84. The molecule has 0 radical (unpaired) electrons. The van der Waals surface area contributed by atoms with Crippen molar-refractivity contribution >= 4 is 0 Å². The molecule has 1 aliphatic carbocycles. The maximum Gasteiger partial charge on any atom is 0.255 e. The van der Waals surface area contributed by atoms with E-state index in [-0.39, 0.29) is 5.92 Å². The lowest BCUT2D eigenvalue weighted by molar-refractivity contribution is 0.0424. The number of hydrogen-bond donors (Lipinski definition) is 2. The molecule has 0 spiro atoms. The van der Waals surface area contributed by atoms with E-state index in [9.17, 15) is 8.78 Å². The van der Waals surface area contributed by atoms with Gasteiger partial charge in [-0.3, -0.25) is 11.3 Å². The van der Waals surface area contributed by atoms with Crippen LogP contribution in [0.5, 0.6) is 0 Å². The lowest BCUT2D eigenvalue weighted by Gasteiger charge is -2.35. The molecular formula is C10H20F2N2. The molecule has 0 aromatic rings. The first-order valence-corrected chi connectivity index (χ1v) is 5.28. The van der Waals surface area contributed by atoms with Gasteiger partial charge >= 0.3 is 0 Å². The van der Waals surface area contributed by atoms with Crippen LogP contribution >= 0.6 is 0 Å². The van der Waals surface area contributed by atoms with Crippen molar-refractivity contribution in [2.45, 2.75) is 45.6 Å². The molecule has 1 saturated carbocycles. The highest BCUT2D eigenvalue weighted by molar-refractivity contribution is 4.84. The summed E-state index contributed by atoms with van der Waals surface area (Å²) in [6, 6.07) is -0.833. The van der Waals surface area contributed by atoms with Crippen molar-refractivity contribution in [3.63, 3.8) is 0 Å². The van der Waals surface area contributed by atoms with E-state index in [0.29, 0.717) is 11.8 Å². The molecule has 14 heavy (non-hydrogen) atoms. The summed E-state index contributed by atoms with van der Waals surface area (Å²) in [5, 5.41) is 0. The number of nitrogens with two attached hydrogens (primary N) is 1. The zero-order valence-electron chi connectivity index (χ0n) is 8.84. The monoisotopic (exact) mass is 206 g/mol. The van der Waals surface area contributed by atoms with E-state index in [4.69, 9.17) is 5.84 Å². The van der Waals surface area contributed by atoms with Gasteiger partial charge in [-0.2, -0.15) is 0 Å². The first-order valence-electron chi connectivity index (χ1n) is 5.28. The van der Waals surface area contributed by atoms with Gasteiger partial charge in [0, 0.05) is 0 Å². The molecule has 1 rings (SSSR count). The highest BCUT2D eigenvalue weighted by atomic mass is 19.3. The molecule has 3 atom stereocenters. The Balaban J connectivity index is 2.56. The van der Waals surface area contributed by atoms with E-state index in [1.165, 1.54) is 0 Å². The van der Waals surface area contributed by atoms with Gasteiger partial charge in [0.05, 0.1) is 6.04 Å². The summed E-state index contributed by atoms with van der Waals surface area (Å²) < 4.78 is 25.2. The third-order valence-electron chi connectivity index (χ3n) is 3.19. The summed E-state index contributed by atoms with van der Waals surface area (Å²) >= 11 is 0. The van der Waals surface area contributed by atoms with E-state index in [0.717, 1.165) is 19.3 Å². The Labute approximate surface area is 84.2 Å². The number of hydrogen-bond acceptors (Lipinski definition) is 2. The van der Waals surface area contributed by atoms with Crippen LogP contribution in [0.4, 0.5) is 8.78 Å². The summed E-state index contributed by atoms with van der Waals surface area (Å²) in [6.45, 7) is 4.25. The fraction of sp³-hybridized carbons (Fsp3) is 1.00. The zero-order chi connectivity index (χ0) is 10.7. The second-order valence-corrected chi connectivity index (χ2v) is 4.70. The minimum atomic E-state index is -2.36. The smallest absolute Gasteiger partial charge is 0.255 e. The molecule has 0 aliphatic heterocycles. The van der Waals surface area contributed by atoms with Crippen LogP contribution in [0.3, 0.4) is 0 Å². The van der Waals surface area contributed by atoms with Gasteiger partial charge in [-0.25, -0.2) is 8.78 Å². The van der Waals surface area contributed by atoms with Crippen LogP contribution in [0.1, 0.15) is 33.1 Å². The van der Waals surface area contributed by atoms with E-state index in [2.05, 4.69) is 19.3 Å². The fourth-order valence-corrected chi connectivity index (χ4v) is 2.72. The van der Waals surface area contributed by atoms with Crippen molar-refractivity contribution in [1.29, 1.82) is 0 Å². The molecule has 4 heteroatoms. The Morgan fingerprint density at radius 3 is 2.00 bits per heavy atom. The lowest BCUT2D eigenvalue weighted by Crippen LogP contribution is -2.47. The Morgan fingerprint density at radius 2 is 1.64 bits per heavy atom. The van der Waals surface area contributed by atoms with Crippen molar-refractivity contribution in [2.75, 3.05) is 0 Å². The molecule has 0 amide bonds. The van der Waals surface area contributed by atoms with Gasteiger partial charge in [-0.1, -0.05) is 13.8 Å². The average Bonchev–Trinajstić information content (AvgIpc) is 2.02. The van der Waals surface area contributed by atoms with E-state index < -0.39 is 12.5 Å². The SMILES string of the molecule is CC1CC(C)CC(C(NN)C(F)F)C1. The maximum absolute atomic E-state index is 12.6. The lowest BCUT2D eigenvalue weighted by atomic mass is 9.74. The number of halogens is 2. The third kappa shape index (κ3) is 2.89. The number of alkyl halides is 2. The second-order valence-electron chi connectivity index (χ2n) is 4.70. The summed E-state index contributed by atoms with van der Waals surface area (Å²) in [5.41, 5.74) is 2.26. The van der Waals surface area contributed by atoms with Crippen LogP contribution in [0, 0.1) is 17.8 Å². The summed E-state index contributed by atoms with van der Waals surface area (Å²) in [6.07, 6.45) is 0.520. The standard InChI is InChI=1S/C10H20F2N2/c1-6-3-7(2)5-8(4-6)9(14-13)10(11)12/h6-10,14H,3-5,13H2,1-2H3. The Bertz CT molecular complexity index is 166. The van der Waals surface area contributed by atoms with Gasteiger partial charge in [0.15, 0.2) is 0 Å². The largest absolute Gasteiger partial charge is 0.271 e. The van der Waals surface area contributed by atoms with E-state index >= 15 is 0 Å². The van der Waals surface area contributed by atoms with Crippen LogP contribution < -0.4 is 11.3 Å². The van der Waals surface area contributed by atoms with Gasteiger partial charge in [0.2, 0.25) is 0 Å². The summed E-state index contributed by atoms with van der Waals surface area (Å²) in [7, 11) is 0. The molecule has 0 aromatic heterocycles. The van der Waals surface area contributed by atoms with Crippen molar-refractivity contribution < 1.29 is 8.78 Å². The number of hydrazine groups is 1. The van der Waals surface area contributed by atoms with Gasteiger partial charge in [0.25, 0.3) is 6.43 Å². The van der Waals surface area contributed by atoms with Crippen molar-refractivity contribution in [1.82, 2.24) is 5.43 Å². The average molecular weight is 206 g/mol. The van der Waals surface area contributed by atoms with E-state index in [1.807, 2.05) is 0 Å². The number of rotatable bonds is 3. The first kappa shape index (κ1) is 11.9. The van der Waals surface area contributed by atoms with Crippen LogP contribution in [-0.2, 0) is 0 Å². The molecule has 0 bridgehead atoms. The fourth-order valence-electron chi connectivity index (χ4n) is 2.72. The predicted octanol–water partition coefficient (Wildman–Crippen LogP) is 2.16. The van der Waals surface area contributed by atoms with Crippen LogP contribution in [0.2, 0.25) is 0 Å². The van der Waals surface area contributed by atoms with Crippen LogP contribution in [0.25, 0.3) is 0 Å². The molecule has 3 N–H and O–H groups in total. The van der Waals surface area contributed by atoms with Gasteiger partial charge in [-0.15, -0.1) is 0 Å². The molecule has 0 saturated heterocycles. The second kappa shape index (κ2) is 5.03. The van der Waals surface area contributed by atoms with Gasteiger partial charge in [-0.05, 0) is 37.0 Å². The molecule has 1 fully saturated rings. The highest BCUT2D eigenvalue weighted by Crippen LogP contribution is 2.35. The minimum Gasteiger partial charge on any atom is -0.271 e. The first-order chi connectivity index (χ1) is 6.54. The van der Waals surface area contributed by atoms with Crippen LogP contribution in [-0.4, -0.2) is 12.5 Å². The predicted molar refractivity (Wildman–Crippen MR) is 52.8 cm³/mol. The van der Waals surface area contributed by atoms with E-state index in [1.54, 1.807) is 0 Å². The van der Waals surface area contributed by atoms with Crippen LogP contribution in [0.15, 0.2) is 0 Å². The molecule has 84 valence electrons. The van der Waals surface area contributed by atoms with Crippen molar-refractivity contribution in [3.05, 3.63) is 0 Å². The molecule has 3 unspecified atom stereocenters. The van der Waals surface area contributed by atoms with Crippen molar-refractivity contribution in [3.8, 4) is 0 Å². The third-order valence-corrected chi connectivity index (χ3v) is 3.19. The molecular weight excluding hydrogens is 186 g/mol. The molecule has 0 aromatic carbocycles. The Morgan fingerprint density at radius 1 is 1.14 bits per heavy atom. The minimum absolute atomic E-state index is 0.0266. The number of nitrogens with one attached hydrogen (secondary N) is 1. The maximum atomic E-state index is 12.6. The Kier molecular flexibility index (Phi) is 4.26. The topological polar surface area (TPSA) is 38.0 Å². The summed E-state index contributed by atoms with van der Waals surface area (Å²) in [4.78, 5) is 0. The van der Waals surface area contributed by atoms with Gasteiger partial charge in [0.1, 0.15) is 0 Å². The summed E-state index contributed by atoms with van der Waals surface area (Å²) in [5.74, 6) is 6.27. The highest BCUT2D eigenvalue weighted by Gasteiger charge is 2.34. The molecule has 1 aliphatic rings. The normalized spacial score (nSPS) is 36.0.